The molecule has 1 rings (SSSR count). The fourth-order valence-electron chi connectivity index (χ4n) is 0.814. The Hall–Kier alpha value is -0.170. The van der Waals surface area contributed by atoms with Gasteiger partial charge in [0, 0.05) is 20.2 Å². The van der Waals surface area contributed by atoms with E-state index in [1.54, 1.807) is 6.07 Å². The normalized spacial score (nSPS) is 9.92. The van der Waals surface area contributed by atoms with Crippen LogP contribution in [0.4, 0.5) is 5.69 Å². The van der Waals surface area contributed by atoms with E-state index >= 15 is 0 Å². The molecule has 0 aromatic heterocycles. The Kier molecular flexibility index (Phi) is 3.05. The SMILES string of the molecule is Cc1cc([N+](=O)[O-])cc(Br)c1I. The molecule has 1 aromatic rings. The highest BCUT2D eigenvalue weighted by atomic mass is 127. The van der Waals surface area contributed by atoms with Crippen molar-refractivity contribution in [2.75, 3.05) is 0 Å². The van der Waals surface area contributed by atoms with Gasteiger partial charge in [-0.15, -0.1) is 0 Å². The maximum Gasteiger partial charge on any atom is 0.270 e. The lowest BCUT2D eigenvalue weighted by Gasteiger charge is -2.00. The van der Waals surface area contributed by atoms with Crippen LogP contribution in [0.1, 0.15) is 5.56 Å². The number of benzene rings is 1. The van der Waals surface area contributed by atoms with Crippen LogP contribution >= 0.6 is 38.5 Å². The standard InChI is InChI=1S/C7H5BrINO2/c1-4-2-5(10(11)12)3-6(8)7(4)9/h2-3H,1H3. The highest BCUT2D eigenvalue weighted by Gasteiger charge is 2.10. The number of nitro groups is 1. The second-order valence-electron chi connectivity index (χ2n) is 2.32. The van der Waals surface area contributed by atoms with E-state index in [-0.39, 0.29) is 5.69 Å². The maximum atomic E-state index is 10.4. The van der Waals surface area contributed by atoms with Crippen molar-refractivity contribution in [1.82, 2.24) is 0 Å². The summed E-state index contributed by atoms with van der Waals surface area (Å²) in [4.78, 5) is 10.0. The van der Waals surface area contributed by atoms with Crippen molar-refractivity contribution in [2.45, 2.75) is 6.92 Å². The molecule has 0 aliphatic heterocycles. The molecule has 0 amide bonds. The number of hydrogen-bond donors (Lipinski definition) is 0. The molecule has 0 saturated heterocycles. The average Bonchev–Trinajstić information content (AvgIpc) is 1.99. The summed E-state index contributed by atoms with van der Waals surface area (Å²) in [5.74, 6) is 0. The van der Waals surface area contributed by atoms with Crippen molar-refractivity contribution < 1.29 is 4.92 Å². The molecular weight excluding hydrogens is 337 g/mol. The largest absolute Gasteiger partial charge is 0.270 e. The fraction of sp³-hybridized carbons (Fsp3) is 0.143. The summed E-state index contributed by atoms with van der Waals surface area (Å²) in [6.07, 6.45) is 0. The number of nitro benzene ring substituents is 1. The van der Waals surface area contributed by atoms with Crippen molar-refractivity contribution in [2.24, 2.45) is 0 Å². The van der Waals surface area contributed by atoms with Crippen LogP contribution in [0.5, 0.6) is 0 Å². The summed E-state index contributed by atoms with van der Waals surface area (Å²) in [6, 6.07) is 3.07. The topological polar surface area (TPSA) is 43.1 Å². The molecule has 5 heteroatoms. The van der Waals surface area contributed by atoms with E-state index in [9.17, 15) is 10.1 Å². The number of halogens is 2. The van der Waals surface area contributed by atoms with Gasteiger partial charge in [0.15, 0.2) is 0 Å². The van der Waals surface area contributed by atoms with E-state index in [0.29, 0.717) is 0 Å². The highest BCUT2D eigenvalue weighted by molar-refractivity contribution is 14.1. The van der Waals surface area contributed by atoms with Gasteiger partial charge in [-0.05, 0) is 51.0 Å². The predicted molar refractivity (Wildman–Crippen MR) is 58.3 cm³/mol. The molecule has 0 N–H and O–H groups in total. The van der Waals surface area contributed by atoms with Crippen LogP contribution in [0, 0.1) is 20.6 Å². The van der Waals surface area contributed by atoms with Crippen LogP contribution in [0.15, 0.2) is 16.6 Å². The van der Waals surface area contributed by atoms with Crippen molar-refractivity contribution >= 4 is 44.2 Å². The number of rotatable bonds is 1. The summed E-state index contributed by atoms with van der Waals surface area (Å²) in [5.41, 5.74) is 1.04. The van der Waals surface area contributed by atoms with E-state index in [0.717, 1.165) is 13.6 Å². The van der Waals surface area contributed by atoms with Gasteiger partial charge in [-0.2, -0.15) is 0 Å². The summed E-state index contributed by atoms with van der Waals surface area (Å²) in [5, 5.41) is 10.4. The van der Waals surface area contributed by atoms with Gasteiger partial charge in [-0.1, -0.05) is 0 Å². The molecule has 0 fully saturated rings. The molecule has 0 saturated carbocycles. The van der Waals surface area contributed by atoms with Crippen LogP contribution in [-0.4, -0.2) is 4.92 Å². The summed E-state index contributed by atoms with van der Waals surface area (Å²) in [6.45, 7) is 1.85. The first-order valence-corrected chi connectivity index (χ1v) is 4.99. The molecule has 12 heavy (non-hydrogen) atoms. The van der Waals surface area contributed by atoms with Gasteiger partial charge < -0.3 is 0 Å². The molecule has 0 aliphatic rings. The first-order valence-electron chi connectivity index (χ1n) is 3.12. The Labute approximate surface area is 91.6 Å². The van der Waals surface area contributed by atoms with E-state index in [1.165, 1.54) is 6.07 Å². The van der Waals surface area contributed by atoms with E-state index < -0.39 is 4.92 Å². The molecule has 0 spiro atoms. The summed E-state index contributed by atoms with van der Waals surface area (Å²) >= 11 is 5.39. The average molecular weight is 342 g/mol. The smallest absolute Gasteiger partial charge is 0.258 e. The third kappa shape index (κ3) is 1.95. The number of hydrogen-bond acceptors (Lipinski definition) is 2. The molecule has 1 aromatic carbocycles. The Morgan fingerprint density at radius 1 is 1.58 bits per heavy atom. The molecule has 0 heterocycles. The third-order valence-electron chi connectivity index (χ3n) is 1.41. The van der Waals surface area contributed by atoms with Crippen molar-refractivity contribution in [3.8, 4) is 0 Å². The van der Waals surface area contributed by atoms with Gasteiger partial charge in [0.2, 0.25) is 0 Å². The minimum atomic E-state index is -0.395. The lowest BCUT2D eigenvalue weighted by atomic mass is 10.2. The van der Waals surface area contributed by atoms with Crippen LogP contribution in [0.25, 0.3) is 0 Å². The summed E-state index contributed by atoms with van der Waals surface area (Å²) < 4.78 is 1.79. The van der Waals surface area contributed by atoms with Crippen LogP contribution < -0.4 is 0 Å². The second-order valence-corrected chi connectivity index (χ2v) is 4.25. The molecule has 0 radical (unpaired) electrons. The Balaban J connectivity index is 3.31. The van der Waals surface area contributed by atoms with Gasteiger partial charge >= 0.3 is 0 Å². The highest BCUT2D eigenvalue weighted by Crippen LogP contribution is 2.27. The zero-order valence-electron chi connectivity index (χ0n) is 6.17. The number of aryl methyl sites for hydroxylation is 1. The number of nitrogens with zero attached hydrogens (tertiary/aromatic N) is 1. The van der Waals surface area contributed by atoms with Crippen LogP contribution in [0.3, 0.4) is 0 Å². The van der Waals surface area contributed by atoms with Crippen molar-refractivity contribution in [3.05, 3.63) is 35.9 Å². The first kappa shape index (κ1) is 9.91. The number of non-ortho nitro benzene ring substituents is 1. The van der Waals surface area contributed by atoms with Gasteiger partial charge in [0.25, 0.3) is 5.69 Å². The minimum Gasteiger partial charge on any atom is -0.258 e. The zero-order chi connectivity index (χ0) is 9.30. The lowest BCUT2D eigenvalue weighted by Crippen LogP contribution is -1.91. The molecule has 0 atom stereocenters. The van der Waals surface area contributed by atoms with Gasteiger partial charge in [-0.25, -0.2) is 0 Å². The van der Waals surface area contributed by atoms with Crippen molar-refractivity contribution in [1.29, 1.82) is 0 Å². The van der Waals surface area contributed by atoms with E-state index in [1.807, 2.05) is 6.92 Å². The monoisotopic (exact) mass is 341 g/mol. The second kappa shape index (κ2) is 3.69. The Morgan fingerprint density at radius 3 is 2.58 bits per heavy atom. The maximum absolute atomic E-state index is 10.4. The predicted octanol–water partition coefficient (Wildman–Crippen LogP) is 3.27. The summed E-state index contributed by atoms with van der Waals surface area (Å²) in [7, 11) is 0. The molecule has 0 bridgehead atoms. The Bertz CT molecular complexity index is 317. The van der Waals surface area contributed by atoms with E-state index in [4.69, 9.17) is 0 Å². The molecule has 64 valence electrons. The van der Waals surface area contributed by atoms with E-state index in [2.05, 4.69) is 38.5 Å². The van der Waals surface area contributed by atoms with Crippen LogP contribution in [0.2, 0.25) is 0 Å². The van der Waals surface area contributed by atoms with Crippen LogP contribution in [-0.2, 0) is 0 Å². The van der Waals surface area contributed by atoms with Gasteiger partial charge in [-0.3, -0.25) is 10.1 Å². The quantitative estimate of drug-likeness (QED) is 0.447. The molecular formula is C7H5BrINO2. The fourth-order valence-corrected chi connectivity index (χ4v) is 1.67. The third-order valence-corrected chi connectivity index (χ3v) is 4.20. The van der Waals surface area contributed by atoms with Crippen molar-refractivity contribution in [3.63, 3.8) is 0 Å². The zero-order valence-corrected chi connectivity index (χ0v) is 9.92. The molecule has 0 aliphatic carbocycles. The van der Waals surface area contributed by atoms with Gasteiger partial charge in [0.1, 0.15) is 0 Å². The van der Waals surface area contributed by atoms with Gasteiger partial charge in [0.05, 0.1) is 4.92 Å². The Morgan fingerprint density at radius 2 is 2.17 bits per heavy atom. The lowest BCUT2D eigenvalue weighted by molar-refractivity contribution is -0.385. The first-order chi connectivity index (χ1) is 5.52. The molecule has 3 nitrogen and oxygen atoms in total. The minimum absolute atomic E-state index is 0.125. The molecule has 0 unspecified atom stereocenters.